The van der Waals surface area contributed by atoms with Gasteiger partial charge in [-0.2, -0.15) is 0 Å². The van der Waals surface area contributed by atoms with Crippen LogP contribution in [-0.4, -0.2) is 4.98 Å². The minimum atomic E-state index is -2.50. The second-order valence-corrected chi connectivity index (χ2v) is 4.28. The molecule has 0 radical (unpaired) electrons. The first-order chi connectivity index (χ1) is 6.06. The minimum Gasteiger partial charge on any atom is -0.250 e. The second-order valence-electron chi connectivity index (χ2n) is 2.55. The maximum Gasteiger partial charge on any atom is 0.281 e. The van der Waals surface area contributed by atoms with E-state index in [1.54, 1.807) is 6.07 Å². The smallest absolute Gasteiger partial charge is 0.250 e. The standard InChI is InChI=1S/C8H7BrF2IN/c1-4-2-5(12)7(8(10)11)13-6(4)3-9/h2,8H,3H2,1H3. The molecule has 1 aromatic heterocycles. The summed E-state index contributed by atoms with van der Waals surface area (Å²) >= 11 is 5.08. The van der Waals surface area contributed by atoms with Crippen LogP contribution in [0.1, 0.15) is 23.4 Å². The molecule has 1 heterocycles. The fourth-order valence-electron chi connectivity index (χ4n) is 0.923. The Morgan fingerprint density at radius 1 is 1.62 bits per heavy atom. The van der Waals surface area contributed by atoms with Crippen molar-refractivity contribution in [3.8, 4) is 0 Å². The highest BCUT2D eigenvalue weighted by Crippen LogP contribution is 2.25. The molecule has 0 saturated heterocycles. The Morgan fingerprint density at radius 3 is 2.69 bits per heavy atom. The van der Waals surface area contributed by atoms with E-state index in [-0.39, 0.29) is 5.69 Å². The maximum absolute atomic E-state index is 12.4. The third kappa shape index (κ3) is 2.59. The SMILES string of the molecule is Cc1cc(I)c(C(F)F)nc1CBr. The average Bonchev–Trinajstić information content (AvgIpc) is 2.03. The summed E-state index contributed by atoms with van der Waals surface area (Å²) in [5.74, 6) is 0. The molecule has 0 fully saturated rings. The zero-order valence-corrected chi connectivity index (χ0v) is 10.6. The van der Waals surface area contributed by atoms with Crippen LogP contribution >= 0.6 is 38.5 Å². The van der Waals surface area contributed by atoms with E-state index < -0.39 is 6.43 Å². The Labute approximate surface area is 97.2 Å². The Kier molecular flexibility index (Phi) is 4.03. The fraction of sp³-hybridized carbons (Fsp3) is 0.375. The predicted octanol–water partition coefficient (Wildman–Crippen LogP) is 3.83. The van der Waals surface area contributed by atoms with E-state index in [0.717, 1.165) is 5.56 Å². The number of alkyl halides is 3. The molecule has 0 unspecified atom stereocenters. The molecule has 0 saturated carbocycles. The third-order valence-corrected chi connectivity index (χ3v) is 3.03. The molecule has 0 spiro atoms. The molecule has 72 valence electrons. The molecular weight excluding hydrogens is 355 g/mol. The third-order valence-electron chi connectivity index (χ3n) is 1.63. The van der Waals surface area contributed by atoms with Gasteiger partial charge in [-0.1, -0.05) is 15.9 Å². The van der Waals surface area contributed by atoms with Gasteiger partial charge < -0.3 is 0 Å². The largest absolute Gasteiger partial charge is 0.281 e. The second kappa shape index (κ2) is 4.63. The number of pyridine rings is 1. The van der Waals surface area contributed by atoms with Crippen molar-refractivity contribution >= 4 is 38.5 Å². The van der Waals surface area contributed by atoms with Gasteiger partial charge in [-0.3, -0.25) is 0 Å². The molecule has 1 rings (SSSR count). The van der Waals surface area contributed by atoms with Gasteiger partial charge in [-0.15, -0.1) is 0 Å². The first kappa shape index (κ1) is 11.3. The highest BCUT2D eigenvalue weighted by atomic mass is 127. The lowest BCUT2D eigenvalue weighted by Crippen LogP contribution is -2.00. The number of hydrogen-bond donors (Lipinski definition) is 0. The molecule has 0 aliphatic rings. The van der Waals surface area contributed by atoms with Crippen molar-refractivity contribution in [2.45, 2.75) is 18.7 Å². The van der Waals surface area contributed by atoms with Crippen molar-refractivity contribution in [3.63, 3.8) is 0 Å². The van der Waals surface area contributed by atoms with Crippen molar-refractivity contribution in [2.75, 3.05) is 0 Å². The summed E-state index contributed by atoms with van der Waals surface area (Å²) in [6.07, 6.45) is -2.50. The van der Waals surface area contributed by atoms with Crippen LogP contribution in [0.15, 0.2) is 6.07 Å². The molecule has 0 aliphatic heterocycles. The summed E-state index contributed by atoms with van der Waals surface area (Å²) in [6, 6.07) is 1.73. The predicted molar refractivity (Wildman–Crippen MR) is 59.3 cm³/mol. The van der Waals surface area contributed by atoms with Gasteiger partial charge in [0, 0.05) is 8.90 Å². The average molecular weight is 362 g/mol. The summed E-state index contributed by atoms with van der Waals surface area (Å²) in [5, 5.41) is 0.509. The van der Waals surface area contributed by atoms with Gasteiger partial charge in [0.25, 0.3) is 6.43 Å². The lowest BCUT2D eigenvalue weighted by molar-refractivity contribution is 0.145. The zero-order chi connectivity index (χ0) is 10.0. The first-order valence-electron chi connectivity index (χ1n) is 3.56. The Balaban J connectivity index is 3.22. The van der Waals surface area contributed by atoms with Gasteiger partial charge in [-0.05, 0) is 41.1 Å². The number of hydrogen-bond acceptors (Lipinski definition) is 1. The zero-order valence-electron chi connectivity index (χ0n) is 6.82. The summed E-state index contributed by atoms with van der Waals surface area (Å²) in [6.45, 7) is 1.86. The Morgan fingerprint density at radius 2 is 2.23 bits per heavy atom. The monoisotopic (exact) mass is 361 g/mol. The molecule has 5 heteroatoms. The van der Waals surface area contributed by atoms with Crippen LogP contribution in [0.25, 0.3) is 0 Å². The van der Waals surface area contributed by atoms with Crippen LogP contribution in [0.4, 0.5) is 8.78 Å². The molecule has 0 aromatic carbocycles. The number of rotatable bonds is 2. The van der Waals surface area contributed by atoms with Crippen LogP contribution in [0.3, 0.4) is 0 Å². The molecule has 13 heavy (non-hydrogen) atoms. The highest BCUT2D eigenvalue weighted by Gasteiger charge is 2.15. The van der Waals surface area contributed by atoms with Crippen molar-refractivity contribution in [2.24, 2.45) is 0 Å². The summed E-state index contributed by atoms with van der Waals surface area (Å²) < 4.78 is 25.3. The van der Waals surface area contributed by atoms with Gasteiger partial charge in [0.05, 0.1) is 5.69 Å². The van der Waals surface area contributed by atoms with Crippen LogP contribution in [0.2, 0.25) is 0 Å². The van der Waals surface area contributed by atoms with E-state index in [1.165, 1.54) is 0 Å². The normalized spacial score (nSPS) is 10.9. The summed E-state index contributed by atoms with van der Waals surface area (Å²) in [5.41, 5.74) is 1.49. The van der Waals surface area contributed by atoms with E-state index in [2.05, 4.69) is 20.9 Å². The van der Waals surface area contributed by atoms with Crippen molar-refractivity contribution in [1.29, 1.82) is 0 Å². The lowest BCUT2D eigenvalue weighted by atomic mass is 10.2. The van der Waals surface area contributed by atoms with E-state index in [4.69, 9.17) is 0 Å². The summed E-state index contributed by atoms with van der Waals surface area (Å²) in [7, 11) is 0. The van der Waals surface area contributed by atoms with Crippen molar-refractivity contribution in [3.05, 3.63) is 26.6 Å². The number of aryl methyl sites for hydroxylation is 1. The molecule has 0 aliphatic carbocycles. The van der Waals surface area contributed by atoms with Crippen molar-refractivity contribution in [1.82, 2.24) is 4.98 Å². The molecule has 0 atom stereocenters. The van der Waals surface area contributed by atoms with Crippen LogP contribution in [0, 0.1) is 10.5 Å². The van der Waals surface area contributed by atoms with E-state index in [0.29, 0.717) is 14.6 Å². The number of nitrogens with zero attached hydrogens (tertiary/aromatic N) is 1. The quantitative estimate of drug-likeness (QED) is 0.576. The molecule has 1 aromatic rings. The number of halogens is 4. The van der Waals surface area contributed by atoms with Crippen LogP contribution < -0.4 is 0 Å². The highest BCUT2D eigenvalue weighted by molar-refractivity contribution is 14.1. The Hall–Kier alpha value is 0.220. The van der Waals surface area contributed by atoms with Crippen molar-refractivity contribution < 1.29 is 8.78 Å². The summed E-state index contributed by atoms with van der Waals surface area (Å²) in [4.78, 5) is 3.89. The van der Waals surface area contributed by atoms with E-state index in [1.807, 2.05) is 29.5 Å². The fourth-order valence-corrected chi connectivity index (χ4v) is 2.31. The molecular formula is C8H7BrF2IN. The van der Waals surface area contributed by atoms with Gasteiger partial charge in [0.2, 0.25) is 0 Å². The molecule has 0 N–H and O–H groups in total. The lowest BCUT2D eigenvalue weighted by Gasteiger charge is -2.07. The maximum atomic E-state index is 12.4. The van der Waals surface area contributed by atoms with E-state index in [9.17, 15) is 8.78 Å². The Bertz CT molecular complexity index is 317. The van der Waals surface area contributed by atoms with Crippen LogP contribution in [0.5, 0.6) is 0 Å². The molecule has 1 nitrogen and oxygen atoms in total. The van der Waals surface area contributed by atoms with Gasteiger partial charge in [-0.25, -0.2) is 13.8 Å². The minimum absolute atomic E-state index is 0.124. The topological polar surface area (TPSA) is 12.9 Å². The van der Waals surface area contributed by atoms with Gasteiger partial charge in [0.15, 0.2) is 0 Å². The first-order valence-corrected chi connectivity index (χ1v) is 5.76. The van der Waals surface area contributed by atoms with E-state index >= 15 is 0 Å². The molecule has 0 amide bonds. The van der Waals surface area contributed by atoms with Crippen LogP contribution in [-0.2, 0) is 5.33 Å². The number of aromatic nitrogens is 1. The van der Waals surface area contributed by atoms with Gasteiger partial charge in [0.1, 0.15) is 5.69 Å². The molecule has 0 bridgehead atoms. The van der Waals surface area contributed by atoms with Gasteiger partial charge >= 0.3 is 0 Å².